The molecule has 1 aliphatic heterocycles. The Morgan fingerprint density at radius 2 is 2.00 bits per heavy atom. The topological polar surface area (TPSA) is 42.1 Å². The molecule has 3 nitrogen and oxygen atoms in total. The van der Waals surface area contributed by atoms with E-state index in [1.807, 2.05) is 24.3 Å². The Labute approximate surface area is 100 Å². The molecule has 0 unspecified atom stereocenters. The van der Waals surface area contributed by atoms with Crippen LogP contribution < -0.4 is 10.6 Å². The Balaban J connectivity index is 2.12. The molecule has 0 spiro atoms. The summed E-state index contributed by atoms with van der Waals surface area (Å²) < 4.78 is 0. The van der Waals surface area contributed by atoms with Crippen LogP contribution in [0.4, 0.5) is 17.2 Å². The molecule has 2 N–H and O–H groups in total. The molecule has 0 saturated heterocycles. The summed E-state index contributed by atoms with van der Waals surface area (Å²) >= 11 is 0. The van der Waals surface area contributed by atoms with Gasteiger partial charge in [0.15, 0.2) is 5.82 Å². The van der Waals surface area contributed by atoms with Gasteiger partial charge in [0.2, 0.25) is 0 Å². The van der Waals surface area contributed by atoms with Crippen LogP contribution in [0.1, 0.15) is 5.56 Å². The smallest absolute Gasteiger partial charge is 0.156 e. The lowest BCUT2D eigenvalue weighted by molar-refractivity contribution is 1.04. The fourth-order valence-corrected chi connectivity index (χ4v) is 2.09. The Bertz CT molecular complexity index is 575. The van der Waals surface area contributed by atoms with E-state index in [1.54, 1.807) is 6.20 Å². The molecule has 17 heavy (non-hydrogen) atoms. The van der Waals surface area contributed by atoms with Crippen LogP contribution in [0.2, 0.25) is 0 Å². The van der Waals surface area contributed by atoms with Gasteiger partial charge in [0, 0.05) is 12.7 Å². The largest absolute Gasteiger partial charge is 0.396 e. The van der Waals surface area contributed by atoms with Crippen molar-refractivity contribution in [1.29, 1.82) is 0 Å². The molecule has 3 rings (SSSR count). The Morgan fingerprint density at radius 1 is 1.12 bits per heavy atom. The molecule has 0 atom stereocenters. The summed E-state index contributed by atoms with van der Waals surface area (Å²) in [6.45, 7) is 0.804. The van der Waals surface area contributed by atoms with E-state index in [-0.39, 0.29) is 0 Å². The van der Waals surface area contributed by atoms with Crippen molar-refractivity contribution in [3.63, 3.8) is 0 Å². The SMILES string of the molecule is Nc1cccnc1N1CC=Cc2ccccc21. The lowest BCUT2D eigenvalue weighted by Crippen LogP contribution is -2.22. The molecule has 0 bridgehead atoms. The molecule has 0 amide bonds. The average molecular weight is 223 g/mol. The maximum Gasteiger partial charge on any atom is 0.156 e. The van der Waals surface area contributed by atoms with Crippen LogP contribution >= 0.6 is 0 Å². The number of rotatable bonds is 1. The molecule has 1 aromatic heterocycles. The normalized spacial score (nSPS) is 13.5. The van der Waals surface area contributed by atoms with Crippen molar-refractivity contribution >= 4 is 23.3 Å². The van der Waals surface area contributed by atoms with Gasteiger partial charge in [0.25, 0.3) is 0 Å². The summed E-state index contributed by atoms with van der Waals surface area (Å²) in [6, 6.07) is 12.0. The van der Waals surface area contributed by atoms with Crippen LogP contribution in [-0.4, -0.2) is 11.5 Å². The standard InChI is InChI=1S/C14H13N3/c15-12-7-3-9-16-14(12)17-10-4-6-11-5-1-2-8-13(11)17/h1-9H,10,15H2. The first-order valence-corrected chi connectivity index (χ1v) is 5.60. The van der Waals surface area contributed by atoms with Crippen molar-refractivity contribution in [2.45, 2.75) is 0 Å². The highest BCUT2D eigenvalue weighted by Crippen LogP contribution is 2.33. The number of fused-ring (bicyclic) bond motifs is 1. The van der Waals surface area contributed by atoms with Gasteiger partial charge >= 0.3 is 0 Å². The van der Waals surface area contributed by atoms with Gasteiger partial charge in [-0.2, -0.15) is 0 Å². The Hall–Kier alpha value is -2.29. The van der Waals surface area contributed by atoms with E-state index in [1.165, 1.54) is 5.56 Å². The molecule has 84 valence electrons. The van der Waals surface area contributed by atoms with Crippen molar-refractivity contribution < 1.29 is 0 Å². The van der Waals surface area contributed by atoms with Crippen LogP contribution in [0.3, 0.4) is 0 Å². The second-order valence-corrected chi connectivity index (χ2v) is 3.99. The van der Waals surface area contributed by atoms with Gasteiger partial charge in [0.1, 0.15) is 0 Å². The first-order valence-electron chi connectivity index (χ1n) is 5.60. The Morgan fingerprint density at radius 3 is 2.88 bits per heavy atom. The summed E-state index contributed by atoms with van der Waals surface area (Å²) in [7, 11) is 0. The summed E-state index contributed by atoms with van der Waals surface area (Å²) in [5, 5.41) is 0. The van der Waals surface area contributed by atoms with Gasteiger partial charge in [0.05, 0.1) is 11.4 Å². The molecular weight excluding hydrogens is 210 g/mol. The van der Waals surface area contributed by atoms with Crippen LogP contribution in [0.25, 0.3) is 6.08 Å². The number of para-hydroxylation sites is 1. The van der Waals surface area contributed by atoms with E-state index in [0.29, 0.717) is 5.69 Å². The highest BCUT2D eigenvalue weighted by atomic mass is 15.2. The van der Waals surface area contributed by atoms with Crippen molar-refractivity contribution in [3.8, 4) is 0 Å². The fourth-order valence-electron chi connectivity index (χ4n) is 2.09. The highest BCUT2D eigenvalue weighted by Gasteiger charge is 2.16. The second-order valence-electron chi connectivity index (χ2n) is 3.99. The molecule has 3 heteroatoms. The number of nitrogens with two attached hydrogens (primary N) is 1. The van der Waals surface area contributed by atoms with E-state index in [9.17, 15) is 0 Å². The molecule has 0 radical (unpaired) electrons. The predicted octanol–water partition coefficient (Wildman–Crippen LogP) is 2.83. The average Bonchev–Trinajstić information content (AvgIpc) is 2.39. The quantitative estimate of drug-likeness (QED) is 0.808. The molecule has 0 saturated carbocycles. The molecule has 0 fully saturated rings. The van der Waals surface area contributed by atoms with Gasteiger partial charge in [-0.25, -0.2) is 4.98 Å². The number of anilines is 3. The molecule has 1 aromatic carbocycles. The zero-order valence-electron chi connectivity index (χ0n) is 9.38. The van der Waals surface area contributed by atoms with E-state index < -0.39 is 0 Å². The minimum atomic E-state index is 0.706. The lowest BCUT2D eigenvalue weighted by atomic mass is 10.1. The number of hydrogen-bond donors (Lipinski definition) is 1. The van der Waals surface area contributed by atoms with Gasteiger partial charge < -0.3 is 10.6 Å². The summed E-state index contributed by atoms with van der Waals surface area (Å²) in [5.41, 5.74) is 9.04. The van der Waals surface area contributed by atoms with Crippen LogP contribution in [-0.2, 0) is 0 Å². The van der Waals surface area contributed by atoms with Gasteiger partial charge in [-0.3, -0.25) is 0 Å². The van der Waals surface area contributed by atoms with E-state index in [2.05, 4.69) is 34.2 Å². The Kier molecular flexibility index (Phi) is 2.29. The molecule has 0 aliphatic carbocycles. The zero-order chi connectivity index (χ0) is 11.7. The number of benzene rings is 1. The minimum absolute atomic E-state index is 0.706. The van der Waals surface area contributed by atoms with Crippen molar-refractivity contribution in [2.24, 2.45) is 0 Å². The van der Waals surface area contributed by atoms with E-state index >= 15 is 0 Å². The van der Waals surface area contributed by atoms with Crippen LogP contribution in [0, 0.1) is 0 Å². The monoisotopic (exact) mass is 223 g/mol. The van der Waals surface area contributed by atoms with Gasteiger partial charge in [-0.15, -0.1) is 0 Å². The number of nitrogen functional groups attached to an aromatic ring is 1. The lowest BCUT2D eigenvalue weighted by Gasteiger charge is -2.27. The molecule has 1 aliphatic rings. The molecule has 2 aromatic rings. The summed E-state index contributed by atoms with van der Waals surface area (Å²) in [4.78, 5) is 6.50. The van der Waals surface area contributed by atoms with Gasteiger partial charge in [-0.1, -0.05) is 30.4 Å². The molecule has 2 heterocycles. The number of hydrogen-bond acceptors (Lipinski definition) is 3. The number of nitrogens with zero attached hydrogens (tertiary/aromatic N) is 2. The van der Waals surface area contributed by atoms with E-state index in [4.69, 9.17) is 5.73 Å². The summed E-state index contributed by atoms with van der Waals surface area (Å²) in [5.74, 6) is 0.823. The maximum absolute atomic E-state index is 5.98. The second kappa shape index (κ2) is 3.94. The number of pyridine rings is 1. The van der Waals surface area contributed by atoms with Crippen LogP contribution in [0.15, 0.2) is 48.7 Å². The van der Waals surface area contributed by atoms with Crippen molar-refractivity contribution in [3.05, 3.63) is 54.2 Å². The third-order valence-corrected chi connectivity index (χ3v) is 2.89. The fraction of sp³-hybridized carbons (Fsp3) is 0.0714. The first kappa shape index (κ1) is 9.90. The van der Waals surface area contributed by atoms with Gasteiger partial charge in [-0.05, 0) is 23.8 Å². The third-order valence-electron chi connectivity index (χ3n) is 2.89. The van der Waals surface area contributed by atoms with Crippen molar-refractivity contribution in [1.82, 2.24) is 4.98 Å². The third kappa shape index (κ3) is 1.65. The highest BCUT2D eigenvalue weighted by molar-refractivity contribution is 5.80. The zero-order valence-corrected chi connectivity index (χ0v) is 9.38. The van der Waals surface area contributed by atoms with Crippen LogP contribution in [0.5, 0.6) is 0 Å². The molecular formula is C14H13N3. The summed E-state index contributed by atoms with van der Waals surface area (Å²) in [6.07, 6.45) is 6.02. The minimum Gasteiger partial charge on any atom is -0.396 e. The van der Waals surface area contributed by atoms with Crippen molar-refractivity contribution in [2.75, 3.05) is 17.2 Å². The number of aromatic nitrogens is 1. The first-order chi connectivity index (χ1) is 8.36. The van der Waals surface area contributed by atoms with E-state index in [0.717, 1.165) is 18.1 Å². The maximum atomic E-state index is 5.98. The predicted molar refractivity (Wildman–Crippen MR) is 71.1 cm³/mol.